The van der Waals surface area contributed by atoms with Gasteiger partial charge in [-0.15, -0.1) is 0 Å². The molecule has 2 aromatic rings. The minimum absolute atomic E-state index is 0.0963. The molecule has 13 heteroatoms. The molecule has 2 aliphatic heterocycles. The van der Waals surface area contributed by atoms with Gasteiger partial charge in [-0.3, -0.25) is 9.69 Å². The molecule has 10 nitrogen and oxygen atoms in total. The third kappa shape index (κ3) is 8.51. The van der Waals surface area contributed by atoms with Crippen molar-refractivity contribution in [3.63, 3.8) is 0 Å². The van der Waals surface area contributed by atoms with Gasteiger partial charge in [-0.2, -0.15) is 4.39 Å². The van der Waals surface area contributed by atoms with E-state index in [1.807, 2.05) is 20.8 Å². The minimum atomic E-state index is -0.959. The van der Waals surface area contributed by atoms with Crippen molar-refractivity contribution in [2.75, 3.05) is 32.7 Å². The van der Waals surface area contributed by atoms with Crippen molar-refractivity contribution in [1.29, 1.82) is 0 Å². The molecule has 2 atom stereocenters. The molecule has 1 spiro atoms. The average molecular weight is 675 g/mol. The van der Waals surface area contributed by atoms with Gasteiger partial charge >= 0.3 is 12.2 Å². The van der Waals surface area contributed by atoms with E-state index in [4.69, 9.17) is 14.2 Å². The Morgan fingerprint density at radius 1 is 0.958 bits per heavy atom. The molecule has 1 saturated carbocycles. The molecule has 48 heavy (non-hydrogen) atoms. The van der Waals surface area contributed by atoms with Crippen LogP contribution in [0.1, 0.15) is 84.3 Å². The van der Waals surface area contributed by atoms with E-state index >= 15 is 4.39 Å². The number of hydrogen-bond donors (Lipinski definition) is 0. The lowest BCUT2D eigenvalue weighted by Crippen LogP contribution is -2.50. The fourth-order valence-corrected chi connectivity index (χ4v) is 6.48. The molecular weight excluding hydrogens is 629 g/mol. The standard InChI is InChI=1S/C35H45F3N4O6/c1-33(2,3)47-31(44)41-15-11-35(21-41)9-13-40(14-10-35)28(43)19-42(32(45)48-34(4,5)6)27-18-24(27)25-16-23(36)17-26(37)29(25)46-20-22-8-7-12-39-30(22)38/h7-8,12,16-17,24,27H,9-11,13-15,18-21H2,1-6H3/t24-,27+/m0/s1. The highest BCUT2D eigenvalue weighted by Gasteiger charge is 2.49. The molecule has 262 valence electrons. The fourth-order valence-electron chi connectivity index (χ4n) is 6.48. The summed E-state index contributed by atoms with van der Waals surface area (Å²) in [5.41, 5.74) is -1.26. The van der Waals surface area contributed by atoms with Crippen LogP contribution in [0.3, 0.4) is 0 Å². The number of likely N-dealkylation sites (tertiary alicyclic amines) is 2. The molecule has 3 fully saturated rings. The van der Waals surface area contributed by atoms with Gasteiger partial charge in [0.25, 0.3) is 0 Å². The average Bonchev–Trinajstić information content (AvgIpc) is 3.66. The van der Waals surface area contributed by atoms with Crippen molar-refractivity contribution in [2.45, 2.75) is 97.0 Å². The number of carbonyl (C=O) groups is 3. The Labute approximate surface area is 279 Å². The predicted octanol–water partition coefficient (Wildman–Crippen LogP) is 6.42. The van der Waals surface area contributed by atoms with Crippen molar-refractivity contribution >= 4 is 18.1 Å². The normalized spacial score (nSPS) is 20.4. The lowest BCUT2D eigenvalue weighted by molar-refractivity contribution is -0.134. The summed E-state index contributed by atoms with van der Waals surface area (Å²) in [5, 5.41) is 0. The van der Waals surface area contributed by atoms with Gasteiger partial charge in [0, 0.05) is 61.5 Å². The molecule has 5 rings (SSSR count). The van der Waals surface area contributed by atoms with Crippen LogP contribution in [-0.4, -0.2) is 87.7 Å². The maximum Gasteiger partial charge on any atom is 0.411 e. The van der Waals surface area contributed by atoms with Crippen molar-refractivity contribution in [3.8, 4) is 5.75 Å². The Hall–Kier alpha value is -4.03. The topological polar surface area (TPSA) is 102 Å². The number of carbonyl (C=O) groups excluding carboxylic acids is 3. The van der Waals surface area contributed by atoms with Gasteiger partial charge in [0.15, 0.2) is 11.6 Å². The number of rotatable bonds is 7. The molecule has 3 heterocycles. The zero-order valence-electron chi connectivity index (χ0n) is 28.5. The quantitative estimate of drug-likeness (QED) is 0.313. The highest BCUT2D eigenvalue weighted by atomic mass is 19.1. The number of hydrogen-bond acceptors (Lipinski definition) is 7. The van der Waals surface area contributed by atoms with Crippen LogP contribution >= 0.6 is 0 Å². The van der Waals surface area contributed by atoms with Crippen molar-refractivity contribution in [2.24, 2.45) is 5.41 Å². The van der Waals surface area contributed by atoms with Crippen molar-refractivity contribution in [3.05, 3.63) is 59.2 Å². The lowest BCUT2D eigenvalue weighted by atomic mass is 9.78. The van der Waals surface area contributed by atoms with Gasteiger partial charge in [-0.05, 0) is 90.8 Å². The van der Waals surface area contributed by atoms with Gasteiger partial charge < -0.3 is 24.0 Å². The second kappa shape index (κ2) is 13.5. The summed E-state index contributed by atoms with van der Waals surface area (Å²) in [5.74, 6) is -3.62. The monoisotopic (exact) mass is 674 g/mol. The van der Waals surface area contributed by atoms with E-state index in [-0.39, 0.29) is 47.4 Å². The zero-order chi connectivity index (χ0) is 35.0. The molecule has 0 bridgehead atoms. The molecule has 0 radical (unpaired) electrons. The van der Waals surface area contributed by atoms with Gasteiger partial charge in [0.2, 0.25) is 11.9 Å². The molecule has 3 amide bonds. The molecule has 0 unspecified atom stereocenters. The van der Waals surface area contributed by atoms with Crippen LogP contribution < -0.4 is 4.74 Å². The number of halogens is 3. The second-order valence-electron chi connectivity index (χ2n) is 15.1. The first-order valence-corrected chi connectivity index (χ1v) is 16.4. The first kappa shape index (κ1) is 35.3. The van der Waals surface area contributed by atoms with E-state index in [0.29, 0.717) is 51.5 Å². The number of benzene rings is 1. The fraction of sp³-hybridized carbons (Fsp3) is 0.600. The number of amides is 3. The Morgan fingerprint density at radius 2 is 1.60 bits per heavy atom. The first-order chi connectivity index (χ1) is 22.4. The van der Waals surface area contributed by atoms with Gasteiger partial charge in [0.1, 0.15) is 30.2 Å². The summed E-state index contributed by atoms with van der Waals surface area (Å²) < 4.78 is 60.5. The predicted molar refractivity (Wildman–Crippen MR) is 170 cm³/mol. The SMILES string of the molecule is CC(C)(C)OC(=O)N1CCC2(CCN(C(=O)CN(C(=O)OC(C)(C)C)[C@@H]3C[C@H]3c3cc(F)cc(F)c3OCc3cccnc3F)CC2)C1. The third-order valence-corrected chi connectivity index (χ3v) is 9.00. The van der Waals surface area contributed by atoms with Crippen LogP contribution in [0, 0.1) is 23.0 Å². The Balaban J connectivity index is 1.27. The van der Waals surface area contributed by atoms with E-state index < -0.39 is 46.8 Å². The molecular formula is C35H45F3N4O6. The molecule has 0 N–H and O–H groups in total. The number of pyridine rings is 1. The number of nitrogens with zero attached hydrogens (tertiary/aromatic N) is 4. The van der Waals surface area contributed by atoms with Crippen LogP contribution in [-0.2, 0) is 20.9 Å². The lowest BCUT2D eigenvalue weighted by Gasteiger charge is -2.40. The summed E-state index contributed by atoms with van der Waals surface area (Å²) >= 11 is 0. The Bertz CT molecular complexity index is 1530. The Morgan fingerprint density at radius 3 is 2.23 bits per heavy atom. The van der Waals surface area contributed by atoms with E-state index in [1.54, 1.807) is 30.6 Å². The number of piperidine rings is 1. The summed E-state index contributed by atoms with van der Waals surface area (Å²) in [4.78, 5) is 48.1. The van der Waals surface area contributed by atoms with Crippen LogP contribution in [0.4, 0.5) is 22.8 Å². The Kier molecular flexibility index (Phi) is 9.90. The second-order valence-corrected chi connectivity index (χ2v) is 15.1. The largest absolute Gasteiger partial charge is 0.485 e. The molecule has 2 saturated heterocycles. The minimum Gasteiger partial charge on any atom is -0.485 e. The van der Waals surface area contributed by atoms with Gasteiger partial charge in [-0.25, -0.2) is 23.4 Å². The maximum absolute atomic E-state index is 15.1. The smallest absolute Gasteiger partial charge is 0.411 e. The van der Waals surface area contributed by atoms with Gasteiger partial charge in [-0.1, -0.05) is 0 Å². The van der Waals surface area contributed by atoms with Crippen LogP contribution in [0.15, 0.2) is 30.5 Å². The summed E-state index contributed by atoms with van der Waals surface area (Å²) in [6.07, 6.45) is 2.79. The number of ether oxygens (including phenoxy) is 3. The first-order valence-electron chi connectivity index (χ1n) is 16.4. The summed E-state index contributed by atoms with van der Waals surface area (Å²) in [7, 11) is 0. The van der Waals surface area contributed by atoms with Crippen LogP contribution in [0.25, 0.3) is 0 Å². The van der Waals surface area contributed by atoms with Crippen molar-refractivity contribution in [1.82, 2.24) is 19.7 Å². The van der Waals surface area contributed by atoms with Crippen molar-refractivity contribution < 1.29 is 41.8 Å². The summed E-state index contributed by atoms with van der Waals surface area (Å²) in [6, 6.07) is 4.21. The van der Waals surface area contributed by atoms with Gasteiger partial charge in [0.05, 0.1) is 0 Å². The molecule has 1 aromatic carbocycles. The van der Waals surface area contributed by atoms with E-state index in [2.05, 4.69) is 4.98 Å². The molecule has 3 aliphatic rings. The van der Waals surface area contributed by atoms with E-state index in [1.165, 1.54) is 23.2 Å². The van der Waals surface area contributed by atoms with Crippen LogP contribution in [0.5, 0.6) is 5.75 Å². The maximum atomic E-state index is 15.1. The zero-order valence-corrected chi connectivity index (χ0v) is 28.5. The molecule has 1 aromatic heterocycles. The summed E-state index contributed by atoms with van der Waals surface area (Å²) in [6.45, 7) is 12.1. The van der Waals surface area contributed by atoms with E-state index in [0.717, 1.165) is 12.5 Å². The highest BCUT2D eigenvalue weighted by molar-refractivity contribution is 5.83. The van der Waals surface area contributed by atoms with E-state index in [9.17, 15) is 23.2 Å². The van der Waals surface area contributed by atoms with Crippen LogP contribution in [0.2, 0.25) is 0 Å². The number of aromatic nitrogens is 1. The third-order valence-electron chi connectivity index (χ3n) is 9.00. The highest BCUT2D eigenvalue weighted by Crippen LogP contribution is 2.49. The molecule has 1 aliphatic carbocycles.